The molecule has 20 heavy (non-hydrogen) atoms. The van der Waals surface area contributed by atoms with Crippen LogP contribution >= 0.6 is 11.6 Å². The van der Waals surface area contributed by atoms with Crippen LogP contribution in [-0.4, -0.2) is 26.9 Å². The van der Waals surface area contributed by atoms with Crippen LogP contribution in [0.5, 0.6) is 0 Å². The lowest BCUT2D eigenvalue weighted by atomic mass is 10.2. The highest BCUT2D eigenvalue weighted by Gasteiger charge is 2.24. The number of anilines is 1. The Balaban J connectivity index is 2.24. The van der Waals surface area contributed by atoms with E-state index < -0.39 is 10.0 Å². The molecular weight excluding hydrogens is 302 g/mol. The average molecular weight is 318 g/mol. The van der Waals surface area contributed by atoms with Crippen molar-refractivity contribution in [2.75, 3.05) is 11.9 Å². The molecule has 110 valence electrons. The normalized spacial score (nSPS) is 15.8. The van der Waals surface area contributed by atoms with Crippen molar-refractivity contribution in [3.63, 3.8) is 0 Å². The van der Waals surface area contributed by atoms with Crippen LogP contribution in [0.2, 0.25) is 5.02 Å². The molecule has 0 saturated heterocycles. The van der Waals surface area contributed by atoms with E-state index in [0.717, 1.165) is 0 Å². The Kier molecular flexibility index (Phi) is 4.33. The van der Waals surface area contributed by atoms with Gasteiger partial charge in [0.2, 0.25) is 15.9 Å². The van der Waals surface area contributed by atoms with E-state index in [-0.39, 0.29) is 34.8 Å². The molecule has 0 aliphatic carbocycles. The third-order valence-corrected chi connectivity index (χ3v) is 4.89. The number of hydrogen-bond acceptors (Lipinski definition) is 4. The first-order chi connectivity index (χ1) is 9.29. The van der Waals surface area contributed by atoms with Gasteiger partial charge in [0, 0.05) is 18.3 Å². The number of sulfonamides is 1. The van der Waals surface area contributed by atoms with Crippen molar-refractivity contribution in [3.05, 3.63) is 22.7 Å². The van der Waals surface area contributed by atoms with Gasteiger partial charge in [0.15, 0.2) is 0 Å². The van der Waals surface area contributed by atoms with Gasteiger partial charge >= 0.3 is 0 Å². The number of nitrogens with two attached hydrogens (primary N) is 1. The molecular formula is C12H16ClN3O3S. The third-order valence-electron chi connectivity index (χ3n) is 2.96. The van der Waals surface area contributed by atoms with Crippen LogP contribution < -0.4 is 15.8 Å². The fourth-order valence-corrected chi connectivity index (χ4v) is 3.55. The van der Waals surface area contributed by atoms with Crippen molar-refractivity contribution in [1.82, 2.24) is 4.72 Å². The van der Waals surface area contributed by atoms with Crippen molar-refractivity contribution in [2.45, 2.75) is 30.7 Å². The van der Waals surface area contributed by atoms with Crippen molar-refractivity contribution in [2.24, 2.45) is 5.73 Å². The predicted octanol–water partition coefficient (Wildman–Crippen LogP) is 0.850. The second kappa shape index (κ2) is 5.69. The molecule has 8 heteroatoms. The maximum absolute atomic E-state index is 12.2. The number of rotatable bonds is 5. The first kappa shape index (κ1) is 15.2. The summed E-state index contributed by atoms with van der Waals surface area (Å²) < 4.78 is 26.8. The Morgan fingerprint density at radius 3 is 2.85 bits per heavy atom. The molecule has 1 heterocycles. The molecule has 0 radical (unpaired) electrons. The topological polar surface area (TPSA) is 101 Å². The van der Waals surface area contributed by atoms with Gasteiger partial charge in [0.05, 0.1) is 11.4 Å². The van der Waals surface area contributed by atoms with Gasteiger partial charge in [-0.15, -0.1) is 0 Å². The fourth-order valence-electron chi connectivity index (χ4n) is 1.93. The van der Waals surface area contributed by atoms with Crippen molar-refractivity contribution in [1.29, 1.82) is 0 Å². The first-order valence-corrected chi connectivity index (χ1v) is 8.03. The molecule has 0 spiro atoms. The van der Waals surface area contributed by atoms with Crippen LogP contribution in [0.1, 0.15) is 18.9 Å². The molecule has 1 aliphatic heterocycles. The Morgan fingerprint density at radius 2 is 2.20 bits per heavy atom. The number of amides is 1. The zero-order valence-electron chi connectivity index (χ0n) is 10.9. The summed E-state index contributed by atoms with van der Waals surface area (Å²) in [6.07, 6.45) is 0.691. The number of halogens is 1. The van der Waals surface area contributed by atoms with E-state index in [9.17, 15) is 13.2 Å². The Bertz CT molecular complexity index is 644. The van der Waals surface area contributed by atoms with Crippen LogP contribution in [0.3, 0.4) is 0 Å². The molecule has 0 saturated carbocycles. The molecule has 0 bridgehead atoms. The van der Waals surface area contributed by atoms with E-state index in [4.69, 9.17) is 17.3 Å². The molecule has 1 aliphatic rings. The molecule has 1 atom stereocenters. The molecule has 4 N–H and O–H groups in total. The monoisotopic (exact) mass is 317 g/mol. The van der Waals surface area contributed by atoms with Gasteiger partial charge in [-0.2, -0.15) is 0 Å². The molecule has 2 rings (SSSR count). The summed E-state index contributed by atoms with van der Waals surface area (Å²) in [5, 5.41) is 2.70. The Hall–Kier alpha value is -1.15. The molecule has 1 aromatic rings. The van der Waals surface area contributed by atoms with E-state index in [0.29, 0.717) is 17.7 Å². The van der Waals surface area contributed by atoms with Gasteiger partial charge in [-0.25, -0.2) is 13.1 Å². The summed E-state index contributed by atoms with van der Waals surface area (Å²) in [7, 11) is -3.70. The van der Waals surface area contributed by atoms with Crippen LogP contribution in [-0.2, 0) is 21.2 Å². The standard InChI is InChI=1S/C12H16ClN3O3S/c1-7(14)2-3-15-20(18,19)11-4-8-5-12(17)16-10(8)6-9(11)13/h4,6-7,15H,2-3,5,14H2,1H3,(H,16,17). The number of nitrogens with one attached hydrogen (secondary N) is 2. The summed E-state index contributed by atoms with van der Waals surface area (Å²) in [6.45, 7) is 2.04. The number of carbonyl (C=O) groups excluding carboxylic acids is 1. The zero-order chi connectivity index (χ0) is 14.9. The van der Waals surface area contributed by atoms with Crippen molar-refractivity contribution >= 4 is 33.2 Å². The summed E-state index contributed by atoms with van der Waals surface area (Å²) in [4.78, 5) is 11.3. The van der Waals surface area contributed by atoms with Crippen molar-refractivity contribution in [3.8, 4) is 0 Å². The van der Waals surface area contributed by atoms with Crippen LogP contribution in [0.25, 0.3) is 0 Å². The van der Waals surface area contributed by atoms with Gasteiger partial charge in [-0.1, -0.05) is 11.6 Å². The first-order valence-electron chi connectivity index (χ1n) is 6.17. The summed E-state index contributed by atoms with van der Waals surface area (Å²) in [6, 6.07) is 2.81. The Morgan fingerprint density at radius 1 is 1.50 bits per heavy atom. The smallest absolute Gasteiger partial charge is 0.242 e. The van der Waals surface area contributed by atoms with Crippen LogP contribution in [0.4, 0.5) is 5.69 Å². The van der Waals surface area contributed by atoms with Gasteiger partial charge in [-0.3, -0.25) is 4.79 Å². The lowest BCUT2D eigenvalue weighted by molar-refractivity contribution is -0.115. The van der Waals surface area contributed by atoms with E-state index in [2.05, 4.69) is 10.0 Å². The maximum Gasteiger partial charge on any atom is 0.242 e. The lowest BCUT2D eigenvalue weighted by Crippen LogP contribution is -2.29. The minimum absolute atomic E-state index is 0.0147. The van der Waals surface area contributed by atoms with Gasteiger partial charge < -0.3 is 11.1 Å². The van der Waals surface area contributed by atoms with E-state index in [1.165, 1.54) is 12.1 Å². The van der Waals surface area contributed by atoms with Crippen LogP contribution in [0.15, 0.2) is 17.0 Å². The fraction of sp³-hybridized carbons (Fsp3) is 0.417. The van der Waals surface area contributed by atoms with Crippen molar-refractivity contribution < 1.29 is 13.2 Å². The molecule has 6 nitrogen and oxygen atoms in total. The number of benzene rings is 1. The van der Waals surface area contributed by atoms with Crippen LogP contribution in [0, 0.1) is 0 Å². The quantitative estimate of drug-likeness (QED) is 0.749. The highest BCUT2D eigenvalue weighted by atomic mass is 35.5. The van der Waals surface area contributed by atoms with E-state index >= 15 is 0 Å². The van der Waals surface area contributed by atoms with Gasteiger partial charge in [0.1, 0.15) is 4.90 Å². The average Bonchev–Trinajstić information content (AvgIpc) is 2.66. The molecule has 1 unspecified atom stereocenters. The number of fused-ring (bicyclic) bond motifs is 1. The number of carbonyl (C=O) groups is 1. The second-order valence-electron chi connectivity index (χ2n) is 4.83. The summed E-state index contributed by atoms with van der Waals surface area (Å²) in [5.74, 6) is -0.171. The maximum atomic E-state index is 12.2. The highest BCUT2D eigenvalue weighted by Crippen LogP contribution is 2.32. The Labute approximate surface area is 122 Å². The predicted molar refractivity (Wildman–Crippen MR) is 77.2 cm³/mol. The highest BCUT2D eigenvalue weighted by molar-refractivity contribution is 7.89. The van der Waals surface area contributed by atoms with Gasteiger partial charge in [0.25, 0.3) is 0 Å². The van der Waals surface area contributed by atoms with Gasteiger partial charge in [-0.05, 0) is 31.0 Å². The SMILES string of the molecule is CC(N)CCNS(=O)(=O)c1cc2c(cc1Cl)NC(=O)C2. The minimum Gasteiger partial charge on any atom is -0.328 e. The molecule has 0 aromatic heterocycles. The second-order valence-corrected chi connectivity index (χ2v) is 6.97. The lowest BCUT2D eigenvalue weighted by Gasteiger charge is -2.11. The molecule has 1 amide bonds. The minimum atomic E-state index is -3.70. The number of hydrogen-bond donors (Lipinski definition) is 3. The zero-order valence-corrected chi connectivity index (χ0v) is 12.5. The third kappa shape index (κ3) is 3.29. The largest absolute Gasteiger partial charge is 0.328 e. The van der Waals surface area contributed by atoms with E-state index in [1.807, 2.05) is 0 Å². The van der Waals surface area contributed by atoms with E-state index in [1.54, 1.807) is 6.92 Å². The summed E-state index contributed by atoms with van der Waals surface area (Å²) >= 11 is 5.99. The molecule has 1 aromatic carbocycles. The summed E-state index contributed by atoms with van der Waals surface area (Å²) in [5.41, 5.74) is 6.77. The molecule has 0 fully saturated rings.